The Morgan fingerprint density at radius 3 is 2.94 bits per heavy atom. The van der Waals surface area contributed by atoms with Gasteiger partial charge in [-0.1, -0.05) is 5.21 Å². The van der Waals surface area contributed by atoms with Gasteiger partial charge in [0.05, 0.1) is 11.7 Å². The van der Waals surface area contributed by atoms with Crippen LogP contribution in [0, 0.1) is 0 Å². The predicted molar refractivity (Wildman–Crippen MR) is 57.4 cm³/mol. The predicted octanol–water partition coefficient (Wildman–Crippen LogP) is 0.417. The molecule has 0 amide bonds. The lowest BCUT2D eigenvalue weighted by molar-refractivity contribution is 0.0690. The van der Waals surface area contributed by atoms with Crippen LogP contribution in [0.4, 0.5) is 0 Å². The second kappa shape index (κ2) is 3.86. The number of likely N-dealkylation sites (N-methyl/N-ethyl adjacent to an activating group) is 1. The van der Waals surface area contributed by atoms with Gasteiger partial charge in [-0.15, -0.1) is 5.10 Å². The molecule has 0 spiro atoms. The smallest absolute Gasteiger partial charge is 0.358 e. The SMILES string of the molecule is CN1CCCC(C)(n2cc(C(=O)O)nn2)C1. The van der Waals surface area contributed by atoms with Crippen LogP contribution in [0.2, 0.25) is 0 Å². The number of carbonyl (C=O) groups is 1. The monoisotopic (exact) mass is 224 g/mol. The van der Waals surface area contributed by atoms with Crippen molar-refractivity contribution in [1.29, 1.82) is 0 Å². The molecule has 0 radical (unpaired) electrons. The molecule has 1 fully saturated rings. The molecule has 1 saturated heterocycles. The van der Waals surface area contributed by atoms with E-state index in [2.05, 4.69) is 29.2 Å². The third-order valence-electron chi connectivity index (χ3n) is 3.13. The van der Waals surface area contributed by atoms with Gasteiger partial charge in [0.15, 0.2) is 5.69 Å². The minimum Gasteiger partial charge on any atom is -0.476 e. The molecule has 0 aromatic carbocycles. The van der Waals surface area contributed by atoms with Crippen molar-refractivity contribution in [1.82, 2.24) is 19.9 Å². The molecular weight excluding hydrogens is 208 g/mol. The number of aromatic nitrogens is 3. The fraction of sp³-hybridized carbons (Fsp3) is 0.700. The van der Waals surface area contributed by atoms with Gasteiger partial charge >= 0.3 is 5.97 Å². The maximum absolute atomic E-state index is 10.7. The van der Waals surface area contributed by atoms with Crippen molar-refractivity contribution < 1.29 is 9.90 Å². The Hall–Kier alpha value is -1.43. The van der Waals surface area contributed by atoms with Crippen molar-refractivity contribution >= 4 is 5.97 Å². The molecule has 2 rings (SSSR count). The highest BCUT2D eigenvalue weighted by Gasteiger charge is 2.32. The van der Waals surface area contributed by atoms with Gasteiger partial charge in [-0.3, -0.25) is 0 Å². The molecule has 1 aliphatic rings. The first-order valence-electron chi connectivity index (χ1n) is 5.36. The number of piperidine rings is 1. The van der Waals surface area contributed by atoms with E-state index in [-0.39, 0.29) is 11.2 Å². The van der Waals surface area contributed by atoms with Crippen molar-refractivity contribution in [3.63, 3.8) is 0 Å². The molecule has 1 aromatic rings. The largest absolute Gasteiger partial charge is 0.476 e. The van der Waals surface area contributed by atoms with Crippen molar-refractivity contribution in [2.24, 2.45) is 0 Å². The number of nitrogens with zero attached hydrogens (tertiary/aromatic N) is 4. The summed E-state index contributed by atoms with van der Waals surface area (Å²) in [5, 5.41) is 16.4. The molecule has 0 aliphatic carbocycles. The third-order valence-corrected chi connectivity index (χ3v) is 3.13. The van der Waals surface area contributed by atoms with E-state index < -0.39 is 5.97 Å². The van der Waals surface area contributed by atoms with Crippen molar-refractivity contribution in [3.8, 4) is 0 Å². The number of likely N-dealkylation sites (tertiary alicyclic amines) is 1. The fourth-order valence-corrected chi connectivity index (χ4v) is 2.28. The number of carboxylic acid groups (broad SMARTS) is 1. The van der Waals surface area contributed by atoms with Crippen LogP contribution in [0.25, 0.3) is 0 Å². The van der Waals surface area contributed by atoms with Gasteiger partial charge in [0, 0.05) is 6.54 Å². The lowest BCUT2D eigenvalue weighted by Crippen LogP contribution is -2.46. The molecule has 6 heteroatoms. The molecule has 1 N–H and O–H groups in total. The second-order valence-corrected chi connectivity index (χ2v) is 4.69. The lowest BCUT2D eigenvalue weighted by Gasteiger charge is -2.38. The lowest BCUT2D eigenvalue weighted by atomic mass is 9.91. The van der Waals surface area contributed by atoms with E-state index in [1.807, 2.05) is 0 Å². The summed E-state index contributed by atoms with van der Waals surface area (Å²) in [4.78, 5) is 13.0. The van der Waals surface area contributed by atoms with E-state index in [1.165, 1.54) is 6.20 Å². The minimum absolute atomic E-state index is 0.00875. The molecule has 16 heavy (non-hydrogen) atoms. The Balaban J connectivity index is 2.24. The van der Waals surface area contributed by atoms with E-state index in [1.54, 1.807) is 4.68 Å². The molecule has 1 atom stereocenters. The van der Waals surface area contributed by atoms with Crippen molar-refractivity contribution in [2.75, 3.05) is 20.1 Å². The van der Waals surface area contributed by atoms with Crippen LogP contribution < -0.4 is 0 Å². The van der Waals surface area contributed by atoms with Gasteiger partial charge in [0.1, 0.15) is 0 Å². The van der Waals surface area contributed by atoms with Gasteiger partial charge in [-0.2, -0.15) is 0 Å². The summed E-state index contributed by atoms with van der Waals surface area (Å²) in [7, 11) is 2.06. The van der Waals surface area contributed by atoms with E-state index in [4.69, 9.17) is 5.11 Å². The van der Waals surface area contributed by atoms with Crippen LogP contribution in [-0.4, -0.2) is 51.1 Å². The first kappa shape index (κ1) is 11.1. The number of rotatable bonds is 2. The molecule has 1 unspecified atom stereocenters. The molecule has 6 nitrogen and oxygen atoms in total. The van der Waals surface area contributed by atoms with E-state index in [0.29, 0.717) is 0 Å². The molecular formula is C10H16N4O2. The van der Waals surface area contributed by atoms with Gasteiger partial charge in [-0.05, 0) is 33.4 Å². The normalized spacial score (nSPS) is 26.9. The Morgan fingerprint density at radius 1 is 1.62 bits per heavy atom. The molecule has 1 aliphatic heterocycles. The average molecular weight is 224 g/mol. The highest BCUT2D eigenvalue weighted by molar-refractivity contribution is 5.84. The molecule has 1 aromatic heterocycles. The maximum Gasteiger partial charge on any atom is 0.358 e. The standard InChI is InChI=1S/C10H16N4O2/c1-10(4-3-5-13(2)7-10)14-6-8(9(15)16)11-12-14/h6H,3-5,7H2,1-2H3,(H,15,16). The number of hydrogen-bond acceptors (Lipinski definition) is 4. The highest BCUT2D eigenvalue weighted by atomic mass is 16.4. The number of aromatic carboxylic acids is 1. The summed E-state index contributed by atoms with van der Waals surface area (Å²) >= 11 is 0. The van der Waals surface area contributed by atoms with Gasteiger partial charge in [0.2, 0.25) is 0 Å². The Morgan fingerprint density at radius 2 is 2.38 bits per heavy atom. The van der Waals surface area contributed by atoms with E-state index in [0.717, 1.165) is 25.9 Å². The van der Waals surface area contributed by atoms with Crippen LogP contribution in [0.3, 0.4) is 0 Å². The summed E-state index contributed by atoms with van der Waals surface area (Å²) in [6, 6.07) is 0. The fourth-order valence-electron chi connectivity index (χ4n) is 2.28. The molecule has 0 bridgehead atoms. The average Bonchev–Trinajstić information content (AvgIpc) is 2.66. The first-order valence-corrected chi connectivity index (χ1v) is 5.36. The van der Waals surface area contributed by atoms with Crippen molar-refractivity contribution in [2.45, 2.75) is 25.3 Å². The summed E-state index contributed by atoms with van der Waals surface area (Å²) in [6.07, 6.45) is 3.61. The highest BCUT2D eigenvalue weighted by Crippen LogP contribution is 2.26. The van der Waals surface area contributed by atoms with Gasteiger partial charge < -0.3 is 10.0 Å². The molecule has 0 saturated carbocycles. The van der Waals surface area contributed by atoms with Gasteiger partial charge in [0.25, 0.3) is 0 Å². The molecule has 88 valence electrons. The third kappa shape index (κ3) is 1.92. The van der Waals surface area contributed by atoms with Crippen LogP contribution in [-0.2, 0) is 5.54 Å². The minimum atomic E-state index is -1.03. The van der Waals surface area contributed by atoms with Crippen LogP contribution in [0.1, 0.15) is 30.3 Å². The zero-order valence-corrected chi connectivity index (χ0v) is 9.55. The maximum atomic E-state index is 10.7. The topological polar surface area (TPSA) is 71.2 Å². The van der Waals surface area contributed by atoms with Crippen LogP contribution in [0.5, 0.6) is 0 Å². The summed E-state index contributed by atoms with van der Waals surface area (Å²) in [5.41, 5.74) is -0.136. The zero-order valence-electron chi connectivity index (χ0n) is 9.55. The van der Waals surface area contributed by atoms with E-state index in [9.17, 15) is 4.79 Å². The summed E-state index contributed by atoms with van der Waals surface area (Å²) in [6.45, 7) is 4.04. The summed E-state index contributed by atoms with van der Waals surface area (Å²) < 4.78 is 1.69. The van der Waals surface area contributed by atoms with Gasteiger partial charge in [-0.25, -0.2) is 9.48 Å². The molecule has 2 heterocycles. The first-order chi connectivity index (χ1) is 7.51. The summed E-state index contributed by atoms with van der Waals surface area (Å²) in [5.74, 6) is -1.03. The Labute approximate surface area is 93.9 Å². The second-order valence-electron chi connectivity index (χ2n) is 4.69. The van der Waals surface area contributed by atoms with E-state index >= 15 is 0 Å². The van der Waals surface area contributed by atoms with Crippen molar-refractivity contribution in [3.05, 3.63) is 11.9 Å². The number of carboxylic acids is 1. The Bertz CT molecular complexity index is 403. The van der Waals surface area contributed by atoms with Crippen LogP contribution in [0.15, 0.2) is 6.20 Å². The van der Waals surface area contributed by atoms with Crippen LogP contribution >= 0.6 is 0 Å². The Kier molecular flexibility index (Phi) is 2.67. The zero-order chi connectivity index (χ0) is 11.8. The quantitative estimate of drug-likeness (QED) is 0.788. The number of hydrogen-bond donors (Lipinski definition) is 1.